The van der Waals surface area contributed by atoms with Crippen LogP contribution in [0.1, 0.15) is 12.5 Å². The molecular weight excluding hydrogens is 469 g/mol. The molecule has 1 heterocycles. The van der Waals surface area contributed by atoms with Gasteiger partial charge in [-0.15, -0.1) is 0 Å². The first-order valence-corrected chi connectivity index (χ1v) is 11.4. The van der Waals surface area contributed by atoms with E-state index in [0.717, 1.165) is 11.3 Å². The highest BCUT2D eigenvalue weighted by molar-refractivity contribution is 6.59. The molecule has 0 spiro atoms. The van der Waals surface area contributed by atoms with Gasteiger partial charge in [-0.25, -0.2) is 0 Å². The van der Waals surface area contributed by atoms with E-state index >= 15 is 0 Å². The minimum Gasteiger partial charge on any atom is -0.354 e. The van der Waals surface area contributed by atoms with Gasteiger partial charge in [-0.1, -0.05) is 53.5 Å². The van der Waals surface area contributed by atoms with Gasteiger partial charge in [-0.3, -0.25) is 14.6 Å². The lowest BCUT2D eigenvalue weighted by Crippen LogP contribution is -2.31. The van der Waals surface area contributed by atoms with Crippen LogP contribution in [-0.2, 0) is 15.1 Å². The molecule has 1 aliphatic carbocycles. The number of carbonyl (C=O) groups is 2. The van der Waals surface area contributed by atoms with Crippen molar-refractivity contribution in [2.75, 3.05) is 10.6 Å². The van der Waals surface area contributed by atoms with Crippen LogP contribution in [0, 0.1) is 0 Å². The number of nitrogens with zero attached hydrogens (tertiary/aromatic N) is 1. The summed E-state index contributed by atoms with van der Waals surface area (Å²) in [7, 11) is 0. The van der Waals surface area contributed by atoms with Crippen LogP contribution in [0.2, 0.25) is 10.0 Å². The fourth-order valence-electron chi connectivity index (χ4n) is 4.05. The molecule has 168 valence electrons. The Bertz CT molecular complexity index is 1390. The molecule has 0 amide bonds. The lowest BCUT2D eigenvalue weighted by atomic mass is 9.84. The van der Waals surface area contributed by atoms with Crippen LogP contribution < -0.4 is 10.6 Å². The zero-order chi connectivity index (χ0) is 23.9. The van der Waals surface area contributed by atoms with E-state index in [1.165, 1.54) is 6.08 Å². The molecule has 1 aliphatic heterocycles. The average molecular weight is 488 g/mol. The molecule has 1 atom stereocenters. The van der Waals surface area contributed by atoms with Gasteiger partial charge in [0.05, 0.1) is 17.0 Å². The molecule has 1 unspecified atom stereocenters. The molecule has 3 aromatic rings. The number of allylic oxidation sites excluding steroid dienone is 1. The number of aliphatic imine (C=N–C) groups is 1. The van der Waals surface area contributed by atoms with Crippen LogP contribution in [0.4, 0.5) is 11.4 Å². The van der Waals surface area contributed by atoms with Gasteiger partial charge in [-0.05, 0) is 61.0 Å². The number of halogens is 2. The van der Waals surface area contributed by atoms with Gasteiger partial charge in [-0.2, -0.15) is 0 Å². The van der Waals surface area contributed by atoms with E-state index in [0.29, 0.717) is 27.1 Å². The number of Topliss-reactive ketones (excluding diaryl/α,β-unsaturated/α-hetero) is 1. The Labute approximate surface area is 206 Å². The van der Waals surface area contributed by atoms with E-state index in [1.54, 1.807) is 55.5 Å². The number of nitrogens with one attached hydrogen (secondary N) is 2. The summed E-state index contributed by atoms with van der Waals surface area (Å²) in [6, 6.07) is 23.5. The smallest absolute Gasteiger partial charge is 0.206 e. The molecule has 0 radical (unpaired) electrons. The summed E-state index contributed by atoms with van der Waals surface area (Å²) in [5.41, 5.74) is 2.29. The van der Waals surface area contributed by atoms with Crippen molar-refractivity contribution in [3.8, 4) is 0 Å². The van der Waals surface area contributed by atoms with Gasteiger partial charge < -0.3 is 10.6 Å². The van der Waals surface area contributed by atoms with Gasteiger partial charge >= 0.3 is 0 Å². The number of anilines is 2. The molecule has 2 N–H and O–H groups in total. The zero-order valence-corrected chi connectivity index (χ0v) is 19.6. The van der Waals surface area contributed by atoms with Crippen molar-refractivity contribution in [3.63, 3.8) is 0 Å². The third-order valence-electron chi connectivity index (χ3n) is 5.84. The predicted molar refractivity (Wildman–Crippen MR) is 137 cm³/mol. The average Bonchev–Trinajstić information content (AvgIpc) is 3.12. The Balaban J connectivity index is 1.63. The van der Waals surface area contributed by atoms with E-state index < -0.39 is 5.54 Å². The normalized spacial score (nSPS) is 19.5. The topological polar surface area (TPSA) is 70.6 Å². The Hall–Kier alpha value is -3.67. The summed E-state index contributed by atoms with van der Waals surface area (Å²) in [5.74, 6) is -0.580. The molecule has 0 aromatic heterocycles. The van der Waals surface area contributed by atoms with Gasteiger partial charge in [0.1, 0.15) is 11.3 Å². The van der Waals surface area contributed by atoms with Crippen LogP contribution in [0.15, 0.2) is 107 Å². The minimum atomic E-state index is -1.20. The second kappa shape index (κ2) is 8.60. The maximum Gasteiger partial charge on any atom is 0.206 e. The molecule has 0 saturated carbocycles. The molecule has 5 nitrogen and oxygen atoms in total. The molecule has 7 heteroatoms. The molecule has 34 heavy (non-hydrogen) atoms. The fourth-order valence-corrected chi connectivity index (χ4v) is 4.30. The molecule has 0 fully saturated rings. The monoisotopic (exact) mass is 487 g/mol. The number of hydrogen-bond donors (Lipinski definition) is 2. The minimum absolute atomic E-state index is 0.148. The molecule has 5 rings (SSSR count). The summed E-state index contributed by atoms with van der Waals surface area (Å²) in [5, 5.41) is 7.74. The van der Waals surface area contributed by atoms with Crippen molar-refractivity contribution in [2.24, 2.45) is 4.99 Å². The summed E-state index contributed by atoms with van der Waals surface area (Å²) in [4.78, 5) is 31.6. The van der Waals surface area contributed by atoms with E-state index in [2.05, 4.69) is 15.6 Å². The molecular formula is C27H19Cl2N3O2. The van der Waals surface area contributed by atoms with Crippen LogP contribution in [-0.4, -0.2) is 17.3 Å². The van der Waals surface area contributed by atoms with Crippen LogP contribution in [0.3, 0.4) is 0 Å². The zero-order valence-electron chi connectivity index (χ0n) is 18.1. The third kappa shape index (κ3) is 3.94. The lowest BCUT2D eigenvalue weighted by Gasteiger charge is -2.23. The first kappa shape index (κ1) is 22.1. The second-order valence-corrected chi connectivity index (χ2v) is 9.04. The summed E-state index contributed by atoms with van der Waals surface area (Å²) < 4.78 is 0. The quantitative estimate of drug-likeness (QED) is 0.421. The maximum atomic E-state index is 13.8. The van der Waals surface area contributed by atoms with Crippen molar-refractivity contribution in [2.45, 2.75) is 12.5 Å². The Morgan fingerprint density at radius 2 is 1.32 bits per heavy atom. The second-order valence-electron chi connectivity index (χ2n) is 8.16. The Kier molecular flexibility index (Phi) is 5.60. The van der Waals surface area contributed by atoms with Crippen molar-refractivity contribution >= 4 is 51.9 Å². The van der Waals surface area contributed by atoms with Gasteiger partial charge in [0.2, 0.25) is 5.78 Å². The van der Waals surface area contributed by atoms with Crippen LogP contribution in [0.5, 0.6) is 0 Å². The Morgan fingerprint density at radius 3 is 1.91 bits per heavy atom. The first-order valence-electron chi connectivity index (χ1n) is 10.6. The third-order valence-corrected chi connectivity index (χ3v) is 6.35. The van der Waals surface area contributed by atoms with E-state index in [1.807, 2.05) is 30.3 Å². The van der Waals surface area contributed by atoms with Gasteiger partial charge in [0, 0.05) is 27.5 Å². The van der Waals surface area contributed by atoms with Gasteiger partial charge in [0.25, 0.3) is 0 Å². The first-order chi connectivity index (χ1) is 16.3. The Morgan fingerprint density at radius 1 is 0.765 bits per heavy atom. The largest absolute Gasteiger partial charge is 0.354 e. The number of rotatable bonds is 5. The van der Waals surface area contributed by atoms with Crippen molar-refractivity contribution < 1.29 is 9.59 Å². The number of ketones is 2. The lowest BCUT2D eigenvalue weighted by molar-refractivity contribution is -0.119. The van der Waals surface area contributed by atoms with E-state index in [-0.39, 0.29) is 22.9 Å². The van der Waals surface area contributed by atoms with Gasteiger partial charge in [0.15, 0.2) is 5.78 Å². The predicted octanol–water partition coefficient (Wildman–Crippen LogP) is 6.18. The van der Waals surface area contributed by atoms with Crippen molar-refractivity contribution in [1.29, 1.82) is 0 Å². The van der Waals surface area contributed by atoms with E-state index in [9.17, 15) is 9.59 Å². The highest BCUT2D eigenvalue weighted by Gasteiger charge is 2.48. The molecule has 2 aliphatic rings. The number of benzene rings is 3. The summed E-state index contributed by atoms with van der Waals surface area (Å²) >= 11 is 12.1. The summed E-state index contributed by atoms with van der Waals surface area (Å²) in [6.07, 6.45) is 1.46. The molecule has 0 saturated heterocycles. The number of carbonyl (C=O) groups excluding carboxylic acids is 2. The van der Waals surface area contributed by atoms with Crippen molar-refractivity contribution in [1.82, 2.24) is 0 Å². The summed E-state index contributed by atoms with van der Waals surface area (Å²) in [6.45, 7) is 1.74. The number of fused-ring (bicyclic) bond motifs is 1. The number of hydrogen-bond acceptors (Lipinski definition) is 5. The SMILES string of the molecule is CC1(c2ccccc2)N=C2C(=O)C=C(Nc3ccc(Cl)cc3)C(Nc3ccc(Cl)cc3)=C2C1=O. The van der Waals surface area contributed by atoms with E-state index in [4.69, 9.17) is 23.2 Å². The highest BCUT2D eigenvalue weighted by atomic mass is 35.5. The highest BCUT2D eigenvalue weighted by Crippen LogP contribution is 2.40. The maximum absolute atomic E-state index is 13.8. The standard InChI is InChI=1S/C27H19Cl2N3O2/c1-27(16-5-3-2-4-6-16)26(34)23-24(31-20-13-9-18(29)10-14-20)21(15-22(33)25(23)32-27)30-19-11-7-17(28)8-12-19/h2-15,30-31H,1H3. The van der Waals surface area contributed by atoms with Crippen molar-refractivity contribution in [3.05, 3.63) is 118 Å². The van der Waals surface area contributed by atoms with Crippen LogP contribution >= 0.6 is 23.2 Å². The molecule has 3 aromatic carbocycles. The molecule has 0 bridgehead atoms. The fraction of sp³-hybridized carbons (Fsp3) is 0.0741. The van der Waals surface area contributed by atoms with Crippen LogP contribution in [0.25, 0.3) is 0 Å².